The molecule has 0 saturated heterocycles. The first-order valence-electron chi connectivity index (χ1n) is 9.41. The standard InChI is InChI=1S/C20H27N3O5/c1-4-22(5-2)12-6-11-21-20(24)19-10-8-16(28-19)14-27-18-9-7-15(3)13-17(18)23(25)26/h7-10,13H,4-6,11-12,14H2,1-3H3,(H,21,24). The lowest BCUT2D eigenvalue weighted by atomic mass is 10.2. The van der Waals surface area contributed by atoms with Gasteiger partial charge in [-0.1, -0.05) is 19.9 Å². The maximum Gasteiger partial charge on any atom is 0.311 e. The molecule has 1 N–H and O–H groups in total. The number of carbonyl (C=O) groups is 1. The van der Waals surface area contributed by atoms with Gasteiger partial charge < -0.3 is 19.4 Å². The zero-order chi connectivity index (χ0) is 20.5. The van der Waals surface area contributed by atoms with E-state index in [1.165, 1.54) is 6.07 Å². The van der Waals surface area contributed by atoms with Crippen molar-refractivity contribution in [3.63, 3.8) is 0 Å². The van der Waals surface area contributed by atoms with Crippen LogP contribution in [0.4, 0.5) is 5.69 Å². The van der Waals surface area contributed by atoms with Crippen molar-refractivity contribution < 1.29 is 18.9 Å². The molecule has 8 heteroatoms. The minimum atomic E-state index is -0.485. The summed E-state index contributed by atoms with van der Waals surface area (Å²) in [7, 11) is 0. The van der Waals surface area contributed by atoms with Gasteiger partial charge in [0.25, 0.3) is 5.91 Å². The number of nitrogens with one attached hydrogen (secondary N) is 1. The average Bonchev–Trinajstić information content (AvgIpc) is 3.16. The highest BCUT2D eigenvalue weighted by atomic mass is 16.6. The fourth-order valence-corrected chi connectivity index (χ4v) is 2.75. The van der Waals surface area contributed by atoms with E-state index in [-0.39, 0.29) is 29.7 Å². The average molecular weight is 389 g/mol. The number of nitro groups is 1. The summed E-state index contributed by atoms with van der Waals surface area (Å²) in [6.45, 7) is 9.47. The number of hydrogen-bond acceptors (Lipinski definition) is 6. The van der Waals surface area contributed by atoms with Crippen LogP contribution in [0.3, 0.4) is 0 Å². The highest BCUT2D eigenvalue weighted by Crippen LogP contribution is 2.28. The van der Waals surface area contributed by atoms with Gasteiger partial charge in [-0.05, 0) is 56.7 Å². The molecule has 0 aliphatic heterocycles. The molecule has 0 fully saturated rings. The normalized spacial score (nSPS) is 10.9. The van der Waals surface area contributed by atoms with Crippen LogP contribution in [-0.2, 0) is 6.61 Å². The number of hydrogen-bond donors (Lipinski definition) is 1. The van der Waals surface area contributed by atoms with Crippen molar-refractivity contribution >= 4 is 11.6 Å². The minimum Gasteiger partial charge on any atom is -0.479 e. The summed E-state index contributed by atoms with van der Waals surface area (Å²) in [5.74, 6) is 0.490. The number of benzene rings is 1. The van der Waals surface area contributed by atoms with Crippen LogP contribution in [0.2, 0.25) is 0 Å². The zero-order valence-electron chi connectivity index (χ0n) is 16.6. The van der Waals surface area contributed by atoms with E-state index < -0.39 is 4.92 Å². The lowest BCUT2D eigenvalue weighted by Crippen LogP contribution is -2.29. The van der Waals surface area contributed by atoms with E-state index in [1.54, 1.807) is 31.2 Å². The molecular formula is C20H27N3O5. The van der Waals surface area contributed by atoms with Gasteiger partial charge in [0, 0.05) is 12.6 Å². The van der Waals surface area contributed by atoms with Gasteiger partial charge in [0.05, 0.1) is 4.92 Å². The van der Waals surface area contributed by atoms with Crippen LogP contribution in [0.15, 0.2) is 34.7 Å². The summed E-state index contributed by atoms with van der Waals surface area (Å²) in [6, 6.07) is 7.95. The van der Waals surface area contributed by atoms with E-state index in [0.717, 1.165) is 31.6 Å². The van der Waals surface area contributed by atoms with Crippen molar-refractivity contribution in [1.29, 1.82) is 0 Å². The van der Waals surface area contributed by atoms with Gasteiger partial charge in [-0.25, -0.2) is 0 Å². The van der Waals surface area contributed by atoms with Gasteiger partial charge in [-0.15, -0.1) is 0 Å². The van der Waals surface area contributed by atoms with Gasteiger partial charge in [0.2, 0.25) is 0 Å². The third-order valence-corrected chi connectivity index (χ3v) is 4.40. The summed E-state index contributed by atoms with van der Waals surface area (Å²) in [5.41, 5.74) is 0.676. The van der Waals surface area contributed by atoms with Crippen molar-refractivity contribution in [2.24, 2.45) is 0 Å². The second-order valence-electron chi connectivity index (χ2n) is 6.42. The van der Waals surface area contributed by atoms with Crippen molar-refractivity contribution in [3.05, 3.63) is 57.5 Å². The van der Waals surface area contributed by atoms with Crippen LogP contribution >= 0.6 is 0 Å². The van der Waals surface area contributed by atoms with Gasteiger partial charge in [0.15, 0.2) is 11.5 Å². The molecule has 1 aromatic heterocycles. The largest absolute Gasteiger partial charge is 0.479 e. The molecule has 0 aliphatic carbocycles. The smallest absolute Gasteiger partial charge is 0.311 e. The Balaban J connectivity index is 1.85. The third-order valence-electron chi connectivity index (χ3n) is 4.40. The van der Waals surface area contributed by atoms with Crippen LogP contribution in [-0.4, -0.2) is 41.9 Å². The second kappa shape index (κ2) is 10.5. The van der Waals surface area contributed by atoms with Gasteiger partial charge in [-0.2, -0.15) is 0 Å². The number of nitro benzene ring substituents is 1. The summed E-state index contributed by atoms with van der Waals surface area (Å²) in [4.78, 5) is 25.1. The van der Waals surface area contributed by atoms with E-state index in [9.17, 15) is 14.9 Å². The topological polar surface area (TPSA) is 97.9 Å². The molecule has 1 amide bonds. The lowest BCUT2D eigenvalue weighted by molar-refractivity contribution is -0.386. The SMILES string of the molecule is CCN(CC)CCCNC(=O)c1ccc(COc2ccc(C)cc2[N+](=O)[O-])o1. The van der Waals surface area contributed by atoms with Crippen molar-refractivity contribution in [1.82, 2.24) is 10.2 Å². The molecule has 28 heavy (non-hydrogen) atoms. The quantitative estimate of drug-likeness (QED) is 0.359. The van der Waals surface area contributed by atoms with E-state index in [2.05, 4.69) is 24.1 Å². The number of amides is 1. The molecule has 2 aromatic rings. The minimum absolute atomic E-state index is 0.000852. The molecule has 0 atom stereocenters. The van der Waals surface area contributed by atoms with E-state index in [1.807, 2.05) is 0 Å². The first-order valence-corrected chi connectivity index (χ1v) is 9.41. The monoisotopic (exact) mass is 389 g/mol. The summed E-state index contributed by atoms with van der Waals surface area (Å²) in [5, 5.41) is 14.0. The summed E-state index contributed by atoms with van der Waals surface area (Å²) >= 11 is 0. The Kier molecular flexibility index (Phi) is 8.01. The molecule has 2 rings (SSSR count). The Bertz CT molecular complexity index is 799. The molecular weight excluding hydrogens is 362 g/mol. The number of carbonyl (C=O) groups excluding carboxylic acids is 1. The van der Waals surface area contributed by atoms with Gasteiger partial charge in [0.1, 0.15) is 12.4 Å². The van der Waals surface area contributed by atoms with Crippen molar-refractivity contribution in [3.8, 4) is 5.75 Å². The summed E-state index contributed by atoms with van der Waals surface area (Å²) in [6.07, 6.45) is 0.862. The molecule has 8 nitrogen and oxygen atoms in total. The number of furan rings is 1. The van der Waals surface area contributed by atoms with Gasteiger partial charge in [-0.3, -0.25) is 14.9 Å². The summed E-state index contributed by atoms with van der Waals surface area (Å²) < 4.78 is 11.0. The Morgan fingerprint density at radius 1 is 1.25 bits per heavy atom. The van der Waals surface area contributed by atoms with Crippen molar-refractivity contribution in [2.75, 3.05) is 26.2 Å². The molecule has 0 aliphatic rings. The second-order valence-corrected chi connectivity index (χ2v) is 6.42. The predicted molar refractivity (Wildman–Crippen MR) is 106 cm³/mol. The molecule has 0 bridgehead atoms. The molecule has 1 heterocycles. The highest BCUT2D eigenvalue weighted by molar-refractivity contribution is 5.91. The maximum atomic E-state index is 12.1. The number of rotatable bonds is 11. The van der Waals surface area contributed by atoms with E-state index in [4.69, 9.17) is 9.15 Å². The first-order chi connectivity index (χ1) is 13.4. The Labute approximate surface area is 164 Å². The Morgan fingerprint density at radius 3 is 2.68 bits per heavy atom. The van der Waals surface area contributed by atoms with Crippen LogP contribution in [0.5, 0.6) is 5.75 Å². The zero-order valence-corrected chi connectivity index (χ0v) is 16.6. The Hall–Kier alpha value is -2.87. The molecule has 0 spiro atoms. The van der Waals surface area contributed by atoms with Crippen LogP contribution < -0.4 is 10.1 Å². The van der Waals surface area contributed by atoms with Crippen molar-refractivity contribution in [2.45, 2.75) is 33.8 Å². The van der Waals surface area contributed by atoms with Gasteiger partial charge >= 0.3 is 5.69 Å². The number of aryl methyl sites for hydroxylation is 1. The predicted octanol–water partition coefficient (Wildman–Crippen LogP) is 3.54. The molecule has 152 valence electrons. The maximum absolute atomic E-state index is 12.1. The fraction of sp³-hybridized carbons (Fsp3) is 0.450. The first kappa shape index (κ1) is 21.4. The molecule has 0 radical (unpaired) electrons. The van der Waals surface area contributed by atoms with E-state index in [0.29, 0.717) is 12.3 Å². The lowest BCUT2D eigenvalue weighted by Gasteiger charge is -2.17. The molecule has 1 aromatic carbocycles. The van der Waals surface area contributed by atoms with E-state index >= 15 is 0 Å². The Morgan fingerprint density at radius 2 is 2.00 bits per heavy atom. The molecule has 0 unspecified atom stereocenters. The van der Waals surface area contributed by atoms with Crippen LogP contribution in [0.1, 0.15) is 42.1 Å². The number of nitrogens with zero attached hydrogens (tertiary/aromatic N) is 2. The number of ether oxygens (including phenoxy) is 1. The highest BCUT2D eigenvalue weighted by Gasteiger charge is 2.16. The van der Waals surface area contributed by atoms with Crippen LogP contribution in [0.25, 0.3) is 0 Å². The third kappa shape index (κ3) is 6.09. The fourth-order valence-electron chi connectivity index (χ4n) is 2.75. The van der Waals surface area contributed by atoms with Crippen LogP contribution in [0, 0.1) is 17.0 Å². The molecule has 0 saturated carbocycles.